The summed E-state index contributed by atoms with van der Waals surface area (Å²) in [4.78, 5) is 28.3. The van der Waals surface area contributed by atoms with Crippen molar-refractivity contribution >= 4 is 58.0 Å². The molecule has 2 amide bonds. The third kappa shape index (κ3) is 4.23. The van der Waals surface area contributed by atoms with E-state index in [-0.39, 0.29) is 5.02 Å². The molecule has 0 aromatic heterocycles. The summed E-state index contributed by atoms with van der Waals surface area (Å²) in [5, 5.41) is 3.71. The lowest BCUT2D eigenvalue weighted by Gasteiger charge is -2.35. The number of amides is 2. The van der Waals surface area contributed by atoms with Crippen LogP contribution in [-0.4, -0.2) is 42.9 Å². The van der Waals surface area contributed by atoms with E-state index in [2.05, 4.69) is 10.2 Å². The van der Waals surface area contributed by atoms with Crippen molar-refractivity contribution in [1.82, 2.24) is 4.90 Å². The van der Waals surface area contributed by atoms with Crippen LogP contribution in [0.1, 0.15) is 0 Å². The molecule has 136 valence electrons. The summed E-state index contributed by atoms with van der Waals surface area (Å²) >= 11 is 18.0. The van der Waals surface area contributed by atoms with Gasteiger partial charge in [0, 0.05) is 36.9 Å². The van der Waals surface area contributed by atoms with E-state index in [1.807, 2.05) is 24.3 Å². The van der Waals surface area contributed by atoms with Crippen LogP contribution in [0.5, 0.6) is 0 Å². The van der Waals surface area contributed by atoms with Gasteiger partial charge in [0.05, 0.1) is 15.7 Å². The quantitative estimate of drug-likeness (QED) is 0.760. The van der Waals surface area contributed by atoms with Crippen molar-refractivity contribution in [1.29, 1.82) is 0 Å². The number of nitrogens with one attached hydrogen (secondary N) is 1. The van der Waals surface area contributed by atoms with E-state index in [1.54, 1.807) is 18.2 Å². The molecule has 0 unspecified atom stereocenters. The fourth-order valence-electron chi connectivity index (χ4n) is 2.76. The normalized spacial score (nSPS) is 14.3. The van der Waals surface area contributed by atoms with Crippen LogP contribution in [0, 0.1) is 0 Å². The largest absolute Gasteiger partial charge is 0.368 e. The molecule has 0 saturated carbocycles. The molecule has 1 heterocycles. The summed E-state index contributed by atoms with van der Waals surface area (Å²) in [5.41, 5.74) is 1.31. The molecular weight excluding hydrogens is 397 g/mol. The highest BCUT2D eigenvalue weighted by molar-refractivity contribution is 6.45. The molecule has 0 radical (unpaired) electrons. The molecule has 0 bridgehead atoms. The number of nitrogens with zero attached hydrogens (tertiary/aromatic N) is 2. The lowest BCUT2D eigenvalue weighted by atomic mass is 10.2. The van der Waals surface area contributed by atoms with Crippen LogP contribution in [0.15, 0.2) is 42.5 Å². The van der Waals surface area contributed by atoms with Crippen LogP contribution in [-0.2, 0) is 9.59 Å². The van der Waals surface area contributed by atoms with Gasteiger partial charge in [-0.2, -0.15) is 0 Å². The number of benzene rings is 2. The lowest BCUT2D eigenvalue weighted by molar-refractivity contribution is -0.143. The minimum absolute atomic E-state index is 0.209. The van der Waals surface area contributed by atoms with Crippen molar-refractivity contribution in [3.8, 4) is 0 Å². The predicted octanol–water partition coefficient (Wildman–Crippen LogP) is 3.93. The number of anilines is 2. The van der Waals surface area contributed by atoms with Crippen LogP contribution in [0.25, 0.3) is 0 Å². The maximum absolute atomic E-state index is 12.4. The Balaban J connectivity index is 1.59. The Labute approximate surface area is 166 Å². The molecule has 8 heteroatoms. The second kappa shape index (κ2) is 8.16. The van der Waals surface area contributed by atoms with E-state index in [4.69, 9.17) is 34.8 Å². The maximum atomic E-state index is 12.4. The highest BCUT2D eigenvalue weighted by Gasteiger charge is 2.26. The van der Waals surface area contributed by atoms with Crippen molar-refractivity contribution in [3.05, 3.63) is 57.5 Å². The number of piperazine rings is 1. The number of carbonyl (C=O) groups is 2. The molecule has 1 fully saturated rings. The minimum Gasteiger partial charge on any atom is -0.368 e. The Morgan fingerprint density at radius 1 is 0.923 bits per heavy atom. The Bertz CT molecular complexity index is 836. The molecule has 1 aliphatic heterocycles. The van der Waals surface area contributed by atoms with E-state index in [1.165, 1.54) is 4.90 Å². The van der Waals surface area contributed by atoms with E-state index >= 15 is 0 Å². The first-order chi connectivity index (χ1) is 12.5. The van der Waals surface area contributed by atoms with Crippen molar-refractivity contribution in [2.75, 3.05) is 36.4 Å². The van der Waals surface area contributed by atoms with Gasteiger partial charge in [0.1, 0.15) is 0 Å². The number of rotatable bonds is 2. The van der Waals surface area contributed by atoms with Gasteiger partial charge >= 0.3 is 11.8 Å². The van der Waals surface area contributed by atoms with Crippen molar-refractivity contribution in [2.45, 2.75) is 0 Å². The molecule has 26 heavy (non-hydrogen) atoms. The summed E-state index contributed by atoms with van der Waals surface area (Å²) in [5.74, 6) is -1.32. The molecule has 5 nitrogen and oxygen atoms in total. The Morgan fingerprint density at radius 2 is 1.62 bits per heavy atom. The Hall–Kier alpha value is -1.95. The summed E-state index contributed by atoms with van der Waals surface area (Å²) in [6.45, 7) is 2.14. The molecule has 2 aromatic rings. The number of hydrogen-bond donors (Lipinski definition) is 1. The third-order valence-electron chi connectivity index (χ3n) is 4.13. The minimum atomic E-state index is -0.731. The van der Waals surface area contributed by atoms with Gasteiger partial charge in [-0.15, -0.1) is 0 Å². The fourth-order valence-corrected chi connectivity index (χ4v) is 3.29. The zero-order valence-electron chi connectivity index (χ0n) is 13.7. The first-order valence-electron chi connectivity index (χ1n) is 8.00. The predicted molar refractivity (Wildman–Crippen MR) is 105 cm³/mol. The van der Waals surface area contributed by atoms with Gasteiger partial charge in [-0.25, -0.2) is 0 Å². The first kappa shape index (κ1) is 18.8. The molecule has 0 spiro atoms. The van der Waals surface area contributed by atoms with E-state index in [0.29, 0.717) is 41.9 Å². The van der Waals surface area contributed by atoms with E-state index in [0.717, 1.165) is 5.69 Å². The molecule has 3 rings (SSSR count). The van der Waals surface area contributed by atoms with Crippen LogP contribution >= 0.6 is 34.8 Å². The third-order valence-corrected chi connectivity index (χ3v) is 5.19. The Kier molecular flexibility index (Phi) is 5.91. The average molecular weight is 413 g/mol. The monoisotopic (exact) mass is 411 g/mol. The van der Waals surface area contributed by atoms with Gasteiger partial charge in [0.25, 0.3) is 0 Å². The van der Waals surface area contributed by atoms with Gasteiger partial charge in [0.15, 0.2) is 0 Å². The van der Waals surface area contributed by atoms with Gasteiger partial charge in [-0.3, -0.25) is 9.59 Å². The summed E-state index contributed by atoms with van der Waals surface area (Å²) in [7, 11) is 0. The number of carbonyl (C=O) groups excluding carboxylic acids is 2. The second-order valence-corrected chi connectivity index (χ2v) is 7.04. The topological polar surface area (TPSA) is 52.7 Å². The zero-order valence-corrected chi connectivity index (χ0v) is 16.0. The molecule has 1 N–H and O–H groups in total. The summed E-state index contributed by atoms with van der Waals surface area (Å²) in [6.07, 6.45) is 0. The van der Waals surface area contributed by atoms with Crippen LogP contribution in [0.3, 0.4) is 0 Å². The van der Waals surface area contributed by atoms with Gasteiger partial charge in [0.2, 0.25) is 0 Å². The zero-order chi connectivity index (χ0) is 18.7. The first-order valence-corrected chi connectivity index (χ1v) is 9.14. The SMILES string of the molecule is O=C(Nc1cccc(Cl)c1Cl)C(=O)N1CCN(c2cccc(Cl)c2)CC1. The van der Waals surface area contributed by atoms with Gasteiger partial charge in [-0.05, 0) is 30.3 Å². The molecular formula is C18H16Cl3N3O2. The highest BCUT2D eigenvalue weighted by atomic mass is 35.5. The smallest absolute Gasteiger partial charge is 0.313 e. The Morgan fingerprint density at radius 3 is 2.31 bits per heavy atom. The number of halogens is 3. The highest BCUT2D eigenvalue weighted by Crippen LogP contribution is 2.29. The van der Waals surface area contributed by atoms with Crippen molar-refractivity contribution in [2.24, 2.45) is 0 Å². The standard InChI is InChI=1S/C18H16Cl3N3O2/c19-12-3-1-4-13(11-12)23-7-9-24(10-8-23)18(26)17(25)22-15-6-2-5-14(20)16(15)21/h1-6,11H,7-10H2,(H,22,25). The van der Waals surface area contributed by atoms with Crippen LogP contribution in [0.2, 0.25) is 15.1 Å². The molecule has 1 aliphatic rings. The molecule has 0 atom stereocenters. The lowest BCUT2D eigenvalue weighted by Crippen LogP contribution is -2.51. The summed E-state index contributed by atoms with van der Waals surface area (Å²) < 4.78 is 0. The van der Waals surface area contributed by atoms with Crippen molar-refractivity contribution < 1.29 is 9.59 Å². The van der Waals surface area contributed by atoms with Crippen molar-refractivity contribution in [3.63, 3.8) is 0 Å². The van der Waals surface area contributed by atoms with Crippen LogP contribution < -0.4 is 10.2 Å². The van der Waals surface area contributed by atoms with Crippen LogP contribution in [0.4, 0.5) is 11.4 Å². The second-order valence-electron chi connectivity index (χ2n) is 5.81. The van der Waals surface area contributed by atoms with Gasteiger partial charge in [-0.1, -0.05) is 46.9 Å². The summed E-state index contributed by atoms with van der Waals surface area (Å²) in [6, 6.07) is 12.4. The molecule has 2 aromatic carbocycles. The average Bonchev–Trinajstić information content (AvgIpc) is 2.65. The fraction of sp³-hybridized carbons (Fsp3) is 0.222. The van der Waals surface area contributed by atoms with E-state index < -0.39 is 11.8 Å². The van der Waals surface area contributed by atoms with E-state index in [9.17, 15) is 9.59 Å². The maximum Gasteiger partial charge on any atom is 0.313 e. The number of hydrogen-bond acceptors (Lipinski definition) is 3. The molecule has 1 saturated heterocycles. The van der Waals surface area contributed by atoms with Gasteiger partial charge < -0.3 is 15.1 Å². The molecule has 0 aliphatic carbocycles.